The first-order valence-corrected chi connectivity index (χ1v) is 7.01. The molecule has 0 radical (unpaired) electrons. The number of aliphatic hydroxyl groups excluding tert-OH is 1. The van der Waals surface area contributed by atoms with Gasteiger partial charge in [-0.2, -0.15) is 4.98 Å². The second-order valence-corrected chi connectivity index (χ2v) is 5.08. The summed E-state index contributed by atoms with van der Waals surface area (Å²) in [5, 5.41) is 9.29. The fourth-order valence-corrected chi connectivity index (χ4v) is 2.10. The molecule has 1 unspecified atom stereocenters. The van der Waals surface area contributed by atoms with Crippen LogP contribution in [0.25, 0.3) is 11.1 Å². The summed E-state index contributed by atoms with van der Waals surface area (Å²) in [6, 6.07) is 15.3. The highest BCUT2D eigenvalue weighted by Crippen LogP contribution is 2.25. The number of hydrogen-bond donors (Lipinski definition) is 1. The lowest BCUT2D eigenvalue weighted by Gasteiger charge is -2.05. The predicted octanol–water partition coefficient (Wildman–Crippen LogP) is 3.93. The van der Waals surface area contributed by atoms with Crippen LogP contribution < -0.4 is 4.74 Å². The van der Waals surface area contributed by atoms with Crippen molar-refractivity contribution in [3.8, 4) is 11.8 Å². The maximum atomic E-state index is 9.29. The van der Waals surface area contributed by atoms with Crippen LogP contribution in [0.1, 0.15) is 18.9 Å². The Morgan fingerprint density at radius 1 is 1.14 bits per heavy atom. The van der Waals surface area contributed by atoms with Gasteiger partial charge in [0.25, 0.3) is 0 Å². The zero-order chi connectivity index (χ0) is 14.7. The van der Waals surface area contributed by atoms with Crippen LogP contribution in [0.2, 0.25) is 0 Å². The van der Waals surface area contributed by atoms with Crippen molar-refractivity contribution in [1.29, 1.82) is 0 Å². The molecule has 21 heavy (non-hydrogen) atoms. The topological polar surface area (TPSA) is 55.5 Å². The average Bonchev–Trinajstić information content (AvgIpc) is 2.88. The molecule has 2 aromatic carbocycles. The summed E-state index contributed by atoms with van der Waals surface area (Å²) in [6.07, 6.45) is 1.57. The van der Waals surface area contributed by atoms with E-state index in [0.717, 1.165) is 18.4 Å². The molecule has 108 valence electrons. The zero-order valence-corrected chi connectivity index (χ0v) is 11.8. The van der Waals surface area contributed by atoms with Crippen LogP contribution in [0.15, 0.2) is 52.9 Å². The van der Waals surface area contributed by atoms with Gasteiger partial charge in [0, 0.05) is 0 Å². The molecule has 0 bridgehead atoms. The summed E-state index contributed by atoms with van der Waals surface area (Å²) in [5.74, 6) is 0.683. The number of aryl methyl sites for hydroxylation is 1. The molecule has 0 saturated carbocycles. The van der Waals surface area contributed by atoms with Gasteiger partial charge in [-0.1, -0.05) is 24.3 Å². The van der Waals surface area contributed by atoms with Crippen molar-refractivity contribution in [3.63, 3.8) is 0 Å². The van der Waals surface area contributed by atoms with Gasteiger partial charge >= 0.3 is 6.08 Å². The molecule has 3 aromatic rings. The van der Waals surface area contributed by atoms with Crippen LogP contribution in [0.3, 0.4) is 0 Å². The number of rotatable bonds is 5. The van der Waals surface area contributed by atoms with Crippen molar-refractivity contribution < 1.29 is 14.3 Å². The Hall–Kier alpha value is -2.33. The number of para-hydroxylation sites is 2. The number of oxazole rings is 1. The lowest BCUT2D eigenvalue weighted by molar-refractivity contribution is 0.185. The third-order valence-corrected chi connectivity index (χ3v) is 3.25. The van der Waals surface area contributed by atoms with E-state index in [9.17, 15) is 5.11 Å². The van der Waals surface area contributed by atoms with Gasteiger partial charge in [-0.3, -0.25) is 0 Å². The molecular weight excluding hydrogens is 266 g/mol. The molecule has 0 spiro atoms. The van der Waals surface area contributed by atoms with Crippen LogP contribution in [0.5, 0.6) is 11.8 Å². The van der Waals surface area contributed by atoms with E-state index in [-0.39, 0.29) is 12.2 Å². The Kier molecular flexibility index (Phi) is 3.88. The molecule has 3 rings (SSSR count). The molecule has 1 heterocycles. The largest absolute Gasteiger partial charge is 0.411 e. The molecule has 1 atom stereocenters. The Labute approximate surface area is 123 Å². The van der Waals surface area contributed by atoms with Gasteiger partial charge in [-0.15, -0.1) is 0 Å². The molecule has 0 fully saturated rings. The highest BCUT2D eigenvalue weighted by Gasteiger charge is 2.07. The molecule has 1 N–H and O–H groups in total. The molecular formula is C17H17NO3. The van der Waals surface area contributed by atoms with Gasteiger partial charge in [-0.05, 0) is 49.6 Å². The summed E-state index contributed by atoms with van der Waals surface area (Å²) in [5.41, 5.74) is 2.66. The average molecular weight is 283 g/mol. The van der Waals surface area contributed by atoms with Crippen LogP contribution in [-0.4, -0.2) is 16.2 Å². The molecule has 1 aromatic heterocycles. The van der Waals surface area contributed by atoms with E-state index < -0.39 is 0 Å². The van der Waals surface area contributed by atoms with Crippen LogP contribution >= 0.6 is 0 Å². The van der Waals surface area contributed by atoms with E-state index in [1.54, 1.807) is 6.92 Å². The number of aliphatic hydroxyl groups is 1. The minimum absolute atomic E-state index is 0.243. The monoisotopic (exact) mass is 283 g/mol. The van der Waals surface area contributed by atoms with Gasteiger partial charge in [-0.25, -0.2) is 0 Å². The van der Waals surface area contributed by atoms with E-state index in [0.29, 0.717) is 11.3 Å². The molecule has 4 heteroatoms. The van der Waals surface area contributed by atoms with E-state index in [1.807, 2.05) is 48.5 Å². The fraction of sp³-hybridized carbons (Fsp3) is 0.235. The number of benzene rings is 2. The molecule has 0 aliphatic heterocycles. The maximum absolute atomic E-state index is 9.29. The number of nitrogens with zero attached hydrogens (tertiary/aromatic N) is 1. The normalized spacial score (nSPS) is 12.5. The van der Waals surface area contributed by atoms with Crippen LogP contribution in [0.4, 0.5) is 0 Å². The first kappa shape index (κ1) is 13.6. The third kappa shape index (κ3) is 3.41. The van der Waals surface area contributed by atoms with Crippen molar-refractivity contribution in [2.45, 2.75) is 25.9 Å². The summed E-state index contributed by atoms with van der Waals surface area (Å²) in [4.78, 5) is 4.27. The summed E-state index contributed by atoms with van der Waals surface area (Å²) in [7, 11) is 0. The Balaban J connectivity index is 1.69. The van der Waals surface area contributed by atoms with Crippen molar-refractivity contribution >= 4 is 11.1 Å². The first-order valence-electron chi connectivity index (χ1n) is 7.01. The third-order valence-electron chi connectivity index (χ3n) is 3.25. The Bertz CT molecular complexity index is 683. The van der Waals surface area contributed by atoms with Crippen LogP contribution in [-0.2, 0) is 6.42 Å². The fourth-order valence-electron chi connectivity index (χ4n) is 2.10. The summed E-state index contributed by atoms with van der Waals surface area (Å²) in [6.45, 7) is 1.80. The van der Waals surface area contributed by atoms with Crippen molar-refractivity contribution in [2.24, 2.45) is 0 Å². The first-order chi connectivity index (χ1) is 10.2. The highest BCUT2D eigenvalue weighted by molar-refractivity contribution is 5.72. The Morgan fingerprint density at radius 3 is 2.62 bits per heavy atom. The predicted molar refractivity (Wildman–Crippen MR) is 80.5 cm³/mol. The van der Waals surface area contributed by atoms with Crippen molar-refractivity contribution in [2.75, 3.05) is 0 Å². The molecule has 4 nitrogen and oxygen atoms in total. The van der Waals surface area contributed by atoms with Gasteiger partial charge in [0.05, 0.1) is 6.10 Å². The van der Waals surface area contributed by atoms with Crippen molar-refractivity contribution in [1.82, 2.24) is 4.98 Å². The SMILES string of the molecule is CC(O)CCc1ccc(Oc2nc3ccccc3o2)cc1. The van der Waals surface area contributed by atoms with Gasteiger partial charge < -0.3 is 14.3 Å². The van der Waals surface area contributed by atoms with Gasteiger partial charge in [0.15, 0.2) is 5.58 Å². The molecule has 0 aliphatic carbocycles. The number of ether oxygens (including phenoxy) is 1. The highest BCUT2D eigenvalue weighted by atomic mass is 16.6. The second-order valence-electron chi connectivity index (χ2n) is 5.08. The van der Waals surface area contributed by atoms with E-state index >= 15 is 0 Å². The number of fused-ring (bicyclic) bond motifs is 1. The quantitative estimate of drug-likeness (QED) is 0.770. The van der Waals surface area contributed by atoms with E-state index in [4.69, 9.17) is 9.15 Å². The molecule has 0 amide bonds. The standard InChI is InChI=1S/C17H17NO3/c1-12(19)6-7-13-8-10-14(11-9-13)20-17-18-15-4-2-3-5-16(15)21-17/h2-5,8-12,19H,6-7H2,1H3. The minimum Gasteiger partial charge on any atom is -0.411 e. The smallest absolute Gasteiger partial charge is 0.400 e. The summed E-state index contributed by atoms with van der Waals surface area (Å²) < 4.78 is 11.1. The van der Waals surface area contributed by atoms with Gasteiger partial charge in [0.1, 0.15) is 11.3 Å². The molecule has 0 saturated heterocycles. The second kappa shape index (κ2) is 5.97. The maximum Gasteiger partial charge on any atom is 0.400 e. The lowest BCUT2D eigenvalue weighted by atomic mass is 10.1. The van der Waals surface area contributed by atoms with E-state index in [2.05, 4.69) is 4.98 Å². The lowest BCUT2D eigenvalue weighted by Crippen LogP contribution is -2.01. The zero-order valence-electron chi connectivity index (χ0n) is 11.8. The van der Waals surface area contributed by atoms with E-state index in [1.165, 1.54) is 5.56 Å². The Morgan fingerprint density at radius 2 is 1.90 bits per heavy atom. The summed E-state index contributed by atoms with van der Waals surface area (Å²) >= 11 is 0. The molecule has 0 aliphatic rings. The van der Waals surface area contributed by atoms with Crippen LogP contribution in [0, 0.1) is 0 Å². The number of hydrogen-bond acceptors (Lipinski definition) is 4. The number of aromatic nitrogens is 1. The van der Waals surface area contributed by atoms with Crippen molar-refractivity contribution in [3.05, 3.63) is 54.1 Å². The van der Waals surface area contributed by atoms with Gasteiger partial charge in [0.2, 0.25) is 0 Å². The minimum atomic E-state index is -0.277.